The van der Waals surface area contributed by atoms with Crippen molar-refractivity contribution >= 4 is 60.3 Å². The predicted molar refractivity (Wildman–Crippen MR) is 227 cm³/mol. The Labute approximate surface area is 320 Å². The van der Waals surface area contributed by atoms with Crippen molar-refractivity contribution in [3.05, 3.63) is 206 Å². The summed E-state index contributed by atoms with van der Waals surface area (Å²) in [7, 11) is 0. The summed E-state index contributed by atoms with van der Waals surface area (Å²) >= 11 is 1.70. The van der Waals surface area contributed by atoms with Gasteiger partial charge in [0.1, 0.15) is 5.00 Å². The fraction of sp³-hybridized carbons (Fsp3) is 0. The van der Waals surface area contributed by atoms with Crippen molar-refractivity contribution in [1.29, 1.82) is 0 Å². The average Bonchev–Trinajstić information content (AvgIpc) is 3.90. The number of hydrogen-bond acceptors (Lipinski definition) is 2. The van der Waals surface area contributed by atoms with Crippen LogP contribution in [0.15, 0.2) is 206 Å². The summed E-state index contributed by atoms with van der Waals surface area (Å²) in [5.74, 6) is 0. The number of fused-ring (bicyclic) bond motifs is 5. The lowest BCUT2D eigenvalue weighted by atomic mass is 10.0. The Kier molecular flexibility index (Phi) is 6.48. The molecule has 2 aromatic heterocycles. The first-order valence-corrected chi connectivity index (χ1v) is 18.4. The third kappa shape index (κ3) is 5.59. The maximum atomic E-state index is 8.55. The SMILES string of the molecule is [2H]c1c([2H])c([2H])c(-c2ccc(N(c3ccc(-c4ccccc4)cc3)c3ccc(-c4ccc5c(c4)c4c6ccccc6ccc4n5-c4ccccc4)s3)cc2)c([2H])c1[2H]. The molecule has 0 saturated carbocycles. The van der Waals surface area contributed by atoms with Crippen molar-refractivity contribution in [3.63, 3.8) is 0 Å². The molecule has 53 heavy (non-hydrogen) atoms. The summed E-state index contributed by atoms with van der Waals surface area (Å²) in [6.07, 6.45) is 0. The van der Waals surface area contributed by atoms with Crippen LogP contribution in [0.1, 0.15) is 6.85 Å². The largest absolute Gasteiger partial charge is 0.309 e. The minimum absolute atomic E-state index is 0.187. The van der Waals surface area contributed by atoms with Gasteiger partial charge in [-0.15, -0.1) is 11.3 Å². The van der Waals surface area contributed by atoms with Gasteiger partial charge in [0.25, 0.3) is 0 Å². The summed E-state index contributed by atoms with van der Waals surface area (Å²) in [6, 6.07) is 59.6. The summed E-state index contributed by atoms with van der Waals surface area (Å²) in [4.78, 5) is 3.33. The van der Waals surface area contributed by atoms with Gasteiger partial charge < -0.3 is 9.47 Å². The number of aromatic nitrogens is 1. The molecule has 0 N–H and O–H groups in total. The number of para-hydroxylation sites is 1. The monoisotopic (exact) mass is 699 g/mol. The second-order valence-electron chi connectivity index (χ2n) is 13.0. The molecule has 10 aromatic rings. The number of benzene rings is 8. The van der Waals surface area contributed by atoms with E-state index >= 15 is 0 Å². The summed E-state index contributed by atoms with van der Waals surface area (Å²) in [5, 5.41) is 5.86. The Bertz CT molecular complexity index is 3130. The van der Waals surface area contributed by atoms with Crippen LogP contribution in [0.5, 0.6) is 0 Å². The van der Waals surface area contributed by atoms with E-state index in [1.165, 1.54) is 27.1 Å². The third-order valence-electron chi connectivity index (χ3n) is 9.91. The lowest BCUT2D eigenvalue weighted by Gasteiger charge is -2.24. The van der Waals surface area contributed by atoms with Gasteiger partial charge in [-0.1, -0.05) is 139 Å². The number of thiophene rings is 1. The van der Waals surface area contributed by atoms with E-state index in [4.69, 9.17) is 6.85 Å². The minimum atomic E-state index is -0.400. The molecule has 10 rings (SSSR count). The Morgan fingerprint density at radius 1 is 0.453 bits per heavy atom. The molecule has 0 radical (unpaired) electrons. The Morgan fingerprint density at radius 2 is 1.06 bits per heavy atom. The van der Waals surface area contributed by atoms with Gasteiger partial charge in [-0.2, -0.15) is 0 Å². The molecule has 2 nitrogen and oxygen atoms in total. The van der Waals surface area contributed by atoms with Crippen LogP contribution in [0.25, 0.3) is 71.0 Å². The topological polar surface area (TPSA) is 8.17 Å². The van der Waals surface area contributed by atoms with E-state index in [2.05, 4.69) is 143 Å². The molecule has 0 bridgehead atoms. The maximum absolute atomic E-state index is 8.55. The molecule has 0 unspecified atom stereocenters. The van der Waals surface area contributed by atoms with Gasteiger partial charge in [0.2, 0.25) is 0 Å². The molecule has 3 heteroatoms. The number of anilines is 3. The van der Waals surface area contributed by atoms with Crippen molar-refractivity contribution in [3.8, 4) is 38.4 Å². The van der Waals surface area contributed by atoms with Crippen LogP contribution in [0.4, 0.5) is 16.4 Å². The molecular weight excluding hydrogens is 661 g/mol. The lowest BCUT2D eigenvalue weighted by molar-refractivity contribution is 1.18. The van der Waals surface area contributed by atoms with Crippen LogP contribution in [0.3, 0.4) is 0 Å². The van der Waals surface area contributed by atoms with Crippen molar-refractivity contribution in [2.45, 2.75) is 0 Å². The number of hydrogen-bond donors (Lipinski definition) is 0. The van der Waals surface area contributed by atoms with Gasteiger partial charge in [0.05, 0.1) is 17.9 Å². The molecule has 2 heterocycles. The van der Waals surface area contributed by atoms with Crippen LogP contribution in [0.2, 0.25) is 0 Å². The molecule has 0 fully saturated rings. The number of nitrogens with zero attached hydrogens (tertiary/aromatic N) is 2. The van der Waals surface area contributed by atoms with Crippen LogP contribution >= 0.6 is 11.3 Å². The Balaban J connectivity index is 1.10. The van der Waals surface area contributed by atoms with Crippen LogP contribution < -0.4 is 4.90 Å². The first-order chi connectivity index (χ1) is 28.4. The first kappa shape index (κ1) is 26.1. The Morgan fingerprint density at radius 3 is 1.79 bits per heavy atom. The highest BCUT2D eigenvalue weighted by Gasteiger charge is 2.19. The van der Waals surface area contributed by atoms with Gasteiger partial charge in [-0.3, -0.25) is 0 Å². The molecule has 0 aliphatic carbocycles. The zero-order valence-electron chi connectivity index (χ0n) is 33.5. The molecule has 0 saturated heterocycles. The van der Waals surface area contributed by atoms with Gasteiger partial charge in [-0.05, 0) is 105 Å². The summed E-state index contributed by atoms with van der Waals surface area (Å²) in [5.41, 5.74) is 9.41. The van der Waals surface area contributed by atoms with E-state index in [9.17, 15) is 0 Å². The van der Waals surface area contributed by atoms with E-state index in [1.807, 2.05) is 42.5 Å². The second-order valence-corrected chi connectivity index (χ2v) is 14.1. The Hall–Kier alpha value is -6.68. The predicted octanol–water partition coefficient (Wildman–Crippen LogP) is 14.5. The maximum Gasteiger partial charge on any atom is 0.101 e. The highest BCUT2D eigenvalue weighted by atomic mass is 32.1. The molecule has 250 valence electrons. The lowest BCUT2D eigenvalue weighted by Crippen LogP contribution is -2.08. The van der Waals surface area contributed by atoms with Crippen molar-refractivity contribution < 1.29 is 6.85 Å². The van der Waals surface area contributed by atoms with E-state index in [0.717, 1.165) is 49.1 Å². The van der Waals surface area contributed by atoms with E-state index < -0.39 is 6.04 Å². The summed E-state index contributed by atoms with van der Waals surface area (Å²) in [6.45, 7) is 0. The molecule has 8 aromatic carbocycles. The van der Waals surface area contributed by atoms with E-state index in [-0.39, 0.29) is 29.7 Å². The van der Waals surface area contributed by atoms with E-state index in [1.54, 1.807) is 11.3 Å². The second kappa shape index (κ2) is 13.1. The first-order valence-electron chi connectivity index (χ1n) is 20.1. The van der Waals surface area contributed by atoms with Crippen molar-refractivity contribution in [2.75, 3.05) is 4.90 Å². The van der Waals surface area contributed by atoms with Crippen LogP contribution in [-0.2, 0) is 0 Å². The molecule has 0 amide bonds. The molecule has 0 aliphatic rings. The normalized spacial score (nSPS) is 12.7. The highest BCUT2D eigenvalue weighted by molar-refractivity contribution is 7.19. The minimum Gasteiger partial charge on any atom is -0.309 e. The van der Waals surface area contributed by atoms with Gasteiger partial charge in [0.15, 0.2) is 0 Å². The zero-order valence-corrected chi connectivity index (χ0v) is 29.4. The molecule has 0 spiro atoms. The van der Waals surface area contributed by atoms with Crippen LogP contribution in [-0.4, -0.2) is 4.57 Å². The van der Waals surface area contributed by atoms with Crippen molar-refractivity contribution in [1.82, 2.24) is 4.57 Å². The summed E-state index contributed by atoms with van der Waals surface area (Å²) < 4.78 is 44.0. The fourth-order valence-electron chi connectivity index (χ4n) is 7.41. The highest BCUT2D eigenvalue weighted by Crippen LogP contribution is 2.44. The van der Waals surface area contributed by atoms with Crippen LogP contribution in [0, 0.1) is 0 Å². The third-order valence-corrected chi connectivity index (χ3v) is 11.0. The smallest absolute Gasteiger partial charge is 0.101 e. The van der Waals surface area contributed by atoms with Crippen molar-refractivity contribution in [2.24, 2.45) is 0 Å². The fourth-order valence-corrected chi connectivity index (χ4v) is 8.46. The zero-order chi connectivity index (χ0) is 39.5. The quantitative estimate of drug-likeness (QED) is 0.161. The van der Waals surface area contributed by atoms with Gasteiger partial charge in [0, 0.05) is 32.7 Å². The van der Waals surface area contributed by atoms with Gasteiger partial charge >= 0.3 is 0 Å². The van der Waals surface area contributed by atoms with Gasteiger partial charge in [-0.25, -0.2) is 0 Å². The van der Waals surface area contributed by atoms with E-state index in [0.29, 0.717) is 5.56 Å². The average molecular weight is 700 g/mol. The molecular formula is C50H34N2S. The standard InChI is InChI=1S/C50H34N2S/c1-4-12-35(13-5-1)37-20-26-42(27-21-37)51(43-28-22-38(23-29-43)36-14-6-2-7-15-36)49-33-32-48(53-49)40-25-30-46-45(34-40)50-44-19-11-10-16-39(44)24-31-47(50)52(46)41-17-8-3-9-18-41/h1-34H/i1D,4D,5D,12D,13D. The molecule has 0 atom stereocenters. The number of rotatable bonds is 7. The molecule has 0 aliphatic heterocycles.